The topological polar surface area (TPSA) is 84.2 Å². The van der Waals surface area contributed by atoms with Gasteiger partial charge < -0.3 is 15.2 Å². The third-order valence-corrected chi connectivity index (χ3v) is 3.37. The Morgan fingerprint density at radius 2 is 1.91 bits per heavy atom. The highest BCUT2D eigenvalue weighted by atomic mass is 16.5. The van der Waals surface area contributed by atoms with Crippen molar-refractivity contribution in [3.8, 4) is 0 Å². The normalized spacial score (nSPS) is 10.6. The lowest BCUT2D eigenvalue weighted by molar-refractivity contribution is -0.116. The maximum Gasteiger partial charge on any atom is 0.251 e. The van der Waals surface area contributed by atoms with Crippen molar-refractivity contribution in [3.05, 3.63) is 47.2 Å². The monoisotopic (exact) mass is 315 g/mol. The first-order chi connectivity index (χ1) is 11.0. The minimum Gasteiger partial charge on any atom is -0.360 e. The molecule has 0 radical (unpaired) electrons. The van der Waals surface area contributed by atoms with E-state index in [-0.39, 0.29) is 24.8 Å². The quantitative estimate of drug-likeness (QED) is 0.858. The van der Waals surface area contributed by atoms with Gasteiger partial charge in [0.2, 0.25) is 5.91 Å². The molecule has 6 heteroatoms. The van der Waals surface area contributed by atoms with E-state index in [4.69, 9.17) is 4.52 Å². The molecule has 0 aliphatic carbocycles. The zero-order valence-electron chi connectivity index (χ0n) is 13.6. The Bertz CT molecular complexity index is 675. The van der Waals surface area contributed by atoms with Gasteiger partial charge in [0.05, 0.1) is 0 Å². The van der Waals surface area contributed by atoms with E-state index in [1.165, 1.54) is 5.56 Å². The summed E-state index contributed by atoms with van der Waals surface area (Å²) in [7, 11) is 0. The molecule has 2 N–H and O–H groups in total. The van der Waals surface area contributed by atoms with Gasteiger partial charge in [-0.1, -0.05) is 31.1 Å². The number of anilines is 1. The molecule has 0 saturated carbocycles. The Morgan fingerprint density at radius 1 is 1.22 bits per heavy atom. The van der Waals surface area contributed by atoms with Crippen LogP contribution in [0.4, 0.5) is 5.82 Å². The smallest absolute Gasteiger partial charge is 0.251 e. The van der Waals surface area contributed by atoms with Crippen LogP contribution in [0.25, 0.3) is 0 Å². The van der Waals surface area contributed by atoms with Crippen molar-refractivity contribution in [1.29, 1.82) is 0 Å². The molecular weight excluding hydrogens is 294 g/mol. The van der Waals surface area contributed by atoms with Crippen molar-refractivity contribution in [1.82, 2.24) is 10.5 Å². The SMILES string of the molecule is Cc1cc(NC(=O)CCNC(=O)c2ccc(C(C)C)cc2)no1. The standard InChI is InChI=1S/C17H21N3O3/c1-11(2)13-4-6-14(7-5-13)17(22)18-9-8-16(21)19-15-10-12(3)23-20-15/h4-7,10-11H,8-9H2,1-3H3,(H,18,22)(H,19,20,21). The van der Waals surface area contributed by atoms with E-state index in [0.29, 0.717) is 23.1 Å². The van der Waals surface area contributed by atoms with Crippen LogP contribution in [0.1, 0.15) is 47.9 Å². The summed E-state index contributed by atoms with van der Waals surface area (Å²) in [6.45, 7) is 6.20. The number of amides is 2. The lowest BCUT2D eigenvalue weighted by Gasteiger charge is -2.08. The summed E-state index contributed by atoms with van der Waals surface area (Å²) in [5.41, 5.74) is 1.77. The first-order valence-electron chi connectivity index (χ1n) is 7.57. The highest BCUT2D eigenvalue weighted by Crippen LogP contribution is 2.14. The molecule has 0 saturated heterocycles. The summed E-state index contributed by atoms with van der Waals surface area (Å²) in [5.74, 6) is 1.01. The molecule has 1 heterocycles. The van der Waals surface area contributed by atoms with Crippen LogP contribution in [0.5, 0.6) is 0 Å². The lowest BCUT2D eigenvalue weighted by Crippen LogP contribution is -2.27. The summed E-state index contributed by atoms with van der Waals surface area (Å²) in [6.07, 6.45) is 0.168. The molecule has 2 amide bonds. The molecule has 2 aromatic rings. The molecular formula is C17H21N3O3. The van der Waals surface area contributed by atoms with Crippen molar-refractivity contribution in [3.63, 3.8) is 0 Å². The van der Waals surface area contributed by atoms with Crippen molar-refractivity contribution in [2.75, 3.05) is 11.9 Å². The Hall–Kier alpha value is -2.63. The van der Waals surface area contributed by atoms with Crippen LogP contribution in [-0.4, -0.2) is 23.5 Å². The minimum absolute atomic E-state index is 0.168. The van der Waals surface area contributed by atoms with E-state index in [0.717, 1.165) is 0 Å². The summed E-state index contributed by atoms with van der Waals surface area (Å²) in [4.78, 5) is 23.7. The van der Waals surface area contributed by atoms with Gasteiger partial charge in [-0.25, -0.2) is 0 Å². The Morgan fingerprint density at radius 3 is 2.48 bits per heavy atom. The summed E-state index contributed by atoms with van der Waals surface area (Å²) in [5, 5.41) is 9.00. The van der Waals surface area contributed by atoms with Crippen LogP contribution in [0.3, 0.4) is 0 Å². The molecule has 23 heavy (non-hydrogen) atoms. The third-order valence-electron chi connectivity index (χ3n) is 3.37. The molecule has 0 bridgehead atoms. The molecule has 0 atom stereocenters. The van der Waals surface area contributed by atoms with E-state index >= 15 is 0 Å². The molecule has 2 rings (SSSR count). The maximum absolute atomic E-state index is 12.0. The summed E-state index contributed by atoms with van der Waals surface area (Å²) < 4.78 is 4.86. The van der Waals surface area contributed by atoms with E-state index in [2.05, 4.69) is 29.6 Å². The van der Waals surface area contributed by atoms with Crippen LogP contribution in [-0.2, 0) is 4.79 Å². The fourth-order valence-electron chi connectivity index (χ4n) is 2.04. The summed E-state index contributed by atoms with van der Waals surface area (Å²) >= 11 is 0. The highest BCUT2D eigenvalue weighted by Gasteiger charge is 2.09. The van der Waals surface area contributed by atoms with Crippen molar-refractivity contribution in [2.24, 2.45) is 0 Å². The zero-order valence-corrected chi connectivity index (χ0v) is 13.6. The van der Waals surface area contributed by atoms with Gasteiger partial charge in [0, 0.05) is 24.6 Å². The predicted molar refractivity (Wildman–Crippen MR) is 87.4 cm³/mol. The minimum atomic E-state index is -0.228. The number of nitrogens with one attached hydrogen (secondary N) is 2. The van der Waals surface area contributed by atoms with Crippen LogP contribution >= 0.6 is 0 Å². The Balaban J connectivity index is 1.76. The fourth-order valence-corrected chi connectivity index (χ4v) is 2.04. The number of benzene rings is 1. The van der Waals surface area contributed by atoms with Gasteiger partial charge in [-0.05, 0) is 30.5 Å². The van der Waals surface area contributed by atoms with Gasteiger partial charge in [-0.2, -0.15) is 0 Å². The number of carbonyl (C=O) groups is 2. The summed E-state index contributed by atoms with van der Waals surface area (Å²) in [6, 6.07) is 9.11. The fraction of sp³-hybridized carbons (Fsp3) is 0.353. The number of hydrogen-bond donors (Lipinski definition) is 2. The number of nitrogens with zero attached hydrogens (tertiary/aromatic N) is 1. The van der Waals surface area contributed by atoms with Gasteiger partial charge in [0.25, 0.3) is 5.91 Å². The van der Waals surface area contributed by atoms with Gasteiger partial charge >= 0.3 is 0 Å². The molecule has 6 nitrogen and oxygen atoms in total. The van der Waals surface area contributed by atoms with Gasteiger partial charge in [-0.15, -0.1) is 0 Å². The molecule has 0 spiro atoms. The molecule has 0 aliphatic rings. The molecule has 0 unspecified atom stereocenters. The number of rotatable bonds is 6. The van der Waals surface area contributed by atoms with Crippen molar-refractivity contribution >= 4 is 17.6 Å². The van der Waals surface area contributed by atoms with Crippen molar-refractivity contribution in [2.45, 2.75) is 33.1 Å². The second-order valence-corrected chi connectivity index (χ2v) is 5.65. The maximum atomic E-state index is 12.0. The average molecular weight is 315 g/mol. The first-order valence-corrected chi connectivity index (χ1v) is 7.57. The average Bonchev–Trinajstić information content (AvgIpc) is 2.92. The highest BCUT2D eigenvalue weighted by molar-refractivity contribution is 5.95. The van der Waals surface area contributed by atoms with E-state index in [1.807, 2.05) is 12.1 Å². The first kappa shape index (κ1) is 16.7. The van der Waals surface area contributed by atoms with Gasteiger partial charge in [-0.3, -0.25) is 9.59 Å². The molecule has 1 aromatic heterocycles. The van der Waals surface area contributed by atoms with E-state index < -0.39 is 0 Å². The Labute approximate surface area is 135 Å². The number of aryl methyl sites for hydroxylation is 1. The lowest BCUT2D eigenvalue weighted by atomic mass is 10.0. The predicted octanol–water partition coefficient (Wildman–Crippen LogP) is 2.87. The van der Waals surface area contributed by atoms with Gasteiger partial charge in [0.15, 0.2) is 5.82 Å². The molecule has 122 valence electrons. The third kappa shape index (κ3) is 4.95. The van der Waals surface area contributed by atoms with E-state index in [9.17, 15) is 9.59 Å². The van der Waals surface area contributed by atoms with E-state index in [1.54, 1.807) is 25.1 Å². The number of aromatic nitrogens is 1. The van der Waals surface area contributed by atoms with Crippen LogP contribution in [0, 0.1) is 6.92 Å². The second-order valence-electron chi connectivity index (χ2n) is 5.65. The second kappa shape index (κ2) is 7.58. The number of carbonyl (C=O) groups excluding carboxylic acids is 2. The molecule has 1 aromatic carbocycles. The van der Waals surface area contributed by atoms with Crippen LogP contribution in [0.15, 0.2) is 34.9 Å². The largest absolute Gasteiger partial charge is 0.360 e. The number of hydrogen-bond acceptors (Lipinski definition) is 4. The van der Waals surface area contributed by atoms with Gasteiger partial charge in [0.1, 0.15) is 5.76 Å². The Kier molecular flexibility index (Phi) is 5.51. The van der Waals surface area contributed by atoms with Crippen LogP contribution < -0.4 is 10.6 Å². The van der Waals surface area contributed by atoms with Crippen molar-refractivity contribution < 1.29 is 14.1 Å². The molecule has 0 aliphatic heterocycles. The van der Waals surface area contributed by atoms with Crippen LogP contribution in [0.2, 0.25) is 0 Å². The zero-order chi connectivity index (χ0) is 16.8. The molecule has 0 fully saturated rings.